The molecule has 0 saturated heterocycles. The minimum absolute atomic E-state index is 0.0159. The molecule has 1 heterocycles. The van der Waals surface area contributed by atoms with E-state index in [1.807, 2.05) is 11.4 Å². The molecule has 0 amide bonds. The van der Waals surface area contributed by atoms with Crippen LogP contribution in [0.1, 0.15) is 6.92 Å². The first-order valence-electron chi connectivity index (χ1n) is 8.05. The molecule has 0 unspecified atom stereocenters. The molecule has 2 aromatic carbocycles. The fourth-order valence-electron chi connectivity index (χ4n) is 2.29. The first-order chi connectivity index (χ1) is 13.3. The number of aromatic nitrogens is 1. The van der Waals surface area contributed by atoms with Gasteiger partial charge in [0.15, 0.2) is 5.13 Å². The van der Waals surface area contributed by atoms with Crippen molar-refractivity contribution in [1.29, 1.82) is 0 Å². The Hall–Kier alpha value is -2.69. The number of nitrogens with zero attached hydrogens (tertiary/aromatic N) is 2. The number of benzene rings is 2. The Balaban J connectivity index is 1.80. The first kappa shape index (κ1) is 20.1. The number of nitrogens with one attached hydrogen (secondary N) is 2. The molecule has 0 aliphatic carbocycles. The summed E-state index contributed by atoms with van der Waals surface area (Å²) in [4.78, 5) is 14.7. The standard InChI is InChI=1S/C17H15ClN4O4S2/c1-2-28(25,26)21-12-5-3-4-11(8-12)16-10-27-17(20-16)19-15-7-6-13(22(23)24)9-14(15)18/h3-10,21H,2H2,1H3,(H,19,20). The van der Waals surface area contributed by atoms with Gasteiger partial charge in [0.1, 0.15) is 0 Å². The maximum atomic E-state index is 11.7. The van der Waals surface area contributed by atoms with E-state index in [0.29, 0.717) is 22.2 Å². The summed E-state index contributed by atoms with van der Waals surface area (Å²) in [5.41, 5.74) is 2.26. The van der Waals surface area contributed by atoms with Crippen LogP contribution in [0, 0.1) is 10.1 Å². The molecule has 146 valence electrons. The van der Waals surface area contributed by atoms with Crippen molar-refractivity contribution in [2.45, 2.75) is 6.92 Å². The third-order valence-corrected chi connectivity index (χ3v) is 6.10. The van der Waals surface area contributed by atoms with E-state index in [2.05, 4.69) is 15.0 Å². The van der Waals surface area contributed by atoms with Gasteiger partial charge in [-0.15, -0.1) is 11.3 Å². The second kappa shape index (κ2) is 8.13. The van der Waals surface area contributed by atoms with Gasteiger partial charge in [-0.25, -0.2) is 13.4 Å². The van der Waals surface area contributed by atoms with Gasteiger partial charge in [-0.2, -0.15) is 0 Å². The average molecular weight is 439 g/mol. The Bertz CT molecular complexity index is 1130. The lowest BCUT2D eigenvalue weighted by molar-refractivity contribution is -0.384. The fraction of sp³-hybridized carbons (Fsp3) is 0.118. The molecule has 0 atom stereocenters. The minimum Gasteiger partial charge on any atom is -0.330 e. The molecule has 0 radical (unpaired) electrons. The molecule has 1 aromatic heterocycles. The third kappa shape index (κ3) is 4.77. The number of hydrogen-bond acceptors (Lipinski definition) is 7. The molecule has 0 aliphatic heterocycles. The van der Waals surface area contributed by atoms with Gasteiger partial charge < -0.3 is 5.32 Å². The summed E-state index contributed by atoms with van der Waals surface area (Å²) in [6, 6.07) is 11.1. The van der Waals surface area contributed by atoms with Crippen LogP contribution in [0.25, 0.3) is 11.3 Å². The summed E-state index contributed by atoms with van der Waals surface area (Å²) in [6.45, 7) is 1.56. The predicted molar refractivity (Wildman–Crippen MR) is 112 cm³/mol. The summed E-state index contributed by atoms with van der Waals surface area (Å²) in [6.07, 6.45) is 0. The largest absolute Gasteiger partial charge is 0.330 e. The average Bonchev–Trinajstić information content (AvgIpc) is 3.12. The normalized spacial score (nSPS) is 11.2. The molecule has 8 nitrogen and oxygen atoms in total. The third-order valence-electron chi connectivity index (χ3n) is 3.72. The van der Waals surface area contributed by atoms with E-state index in [1.165, 1.54) is 29.5 Å². The lowest BCUT2D eigenvalue weighted by Gasteiger charge is -2.07. The Kier molecular flexibility index (Phi) is 5.82. The number of sulfonamides is 1. The van der Waals surface area contributed by atoms with Crippen molar-refractivity contribution < 1.29 is 13.3 Å². The van der Waals surface area contributed by atoms with Crippen LogP contribution in [0.2, 0.25) is 5.02 Å². The molecular formula is C17H15ClN4O4S2. The molecular weight excluding hydrogens is 424 g/mol. The highest BCUT2D eigenvalue weighted by atomic mass is 35.5. The van der Waals surface area contributed by atoms with Crippen LogP contribution >= 0.6 is 22.9 Å². The first-order valence-corrected chi connectivity index (χ1v) is 11.0. The summed E-state index contributed by atoms with van der Waals surface area (Å²) >= 11 is 7.42. The number of nitro groups is 1. The second-order valence-corrected chi connectivity index (χ2v) is 8.95. The molecule has 0 bridgehead atoms. The quantitative estimate of drug-likeness (QED) is 0.401. The van der Waals surface area contributed by atoms with Crippen LogP contribution in [0.4, 0.5) is 22.2 Å². The van der Waals surface area contributed by atoms with Crippen LogP contribution in [0.3, 0.4) is 0 Å². The van der Waals surface area contributed by atoms with Gasteiger partial charge in [0.25, 0.3) is 5.69 Å². The molecule has 3 aromatic rings. The van der Waals surface area contributed by atoms with Crippen molar-refractivity contribution in [2.75, 3.05) is 15.8 Å². The highest BCUT2D eigenvalue weighted by Gasteiger charge is 2.12. The number of hydrogen-bond donors (Lipinski definition) is 2. The van der Waals surface area contributed by atoms with Gasteiger partial charge in [-0.3, -0.25) is 14.8 Å². The van der Waals surface area contributed by atoms with E-state index in [-0.39, 0.29) is 16.5 Å². The molecule has 28 heavy (non-hydrogen) atoms. The van der Waals surface area contributed by atoms with E-state index in [9.17, 15) is 18.5 Å². The molecule has 2 N–H and O–H groups in total. The van der Waals surface area contributed by atoms with E-state index in [4.69, 9.17) is 11.6 Å². The van der Waals surface area contributed by atoms with Gasteiger partial charge in [-0.1, -0.05) is 23.7 Å². The summed E-state index contributed by atoms with van der Waals surface area (Å²) < 4.78 is 26.0. The number of halogens is 1. The summed E-state index contributed by atoms with van der Waals surface area (Å²) in [5, 5.41) is 16.4. The number of anilines is 3. The van der Waals surface area contributed by atoms with Crippen molar-refractivity contribution in [3.05, 3.63) is 63.0 Å². The molecule has 0 aliphatic rings. The number of thiazole rings is 1. The van der Waals surface area contributed by atoms with Gasteiger partial charge in [0.05, 0.1) is 27.1 Å². The fourth-order valence-corrected chi connectivity index (χ4v) is 3.88. The zero-order valence-electron chi connectivity index (χ0n) is 14.5. The number of non-ortho nitro benzene ring substituents is 1. The number of rotatable bonds is 7. The van der Waals surface area contributed by atoms with E-state index in [1.54, 1.807) is 25.1 Å². The Morgan fingerprint density at radius 1 is 1.25 bits per heavy atom. The summed E-state index contributed by atoms with van der Waals surface area (Å²) in [7, 11) is -3.36. The zero-order valence-corrected chi connectivity index (χ0v) is 16.9. The van der Waals surface area contributed by atoms with Gasteiger partial charge in [0.2, 0.25) is 10.0 Å². The monoisotopic (exact) mass is 438 g/mol. The van der Waals surface area contributed by atoms with Crippen molar-refractivity contribution in [3.8, 4) is 11.3 Å². The molecule has 0 saturated carbocycles. The maximum absolute atomic E-state index is 11.7. The predicted octanol–water partition coefficient (Wildman–Crippen LogP) is 4.88. The SMILES string of the molecule is CCS(=O)(=O)Nc1cccc(-c2csc(Nc3ccc([N+](=O)[O-])cc3Cl)n2)c1. The van der Waals surface area contributed by atoms with E-state index < -0.39 is 14.9 Å². The zero-order chi connectivity index (χ0) is 20.3. The Morgan fingerprint density at radius 3 is 2.71 bits per heavy atom. The lowest BCUT2D eigenvalue weighted by Crippen LogP contribution is -2.14. The second-order valence-electron chi connectivity index (χ2n) is 5.67. The Morgan fingerprint density at radius 2 is 2.04 bits per heavy atom. The Labute approximate surface area is 170 Å². The summed E-state index contributed by atoms with van der Waals surface area (Å²) in [5.74, 6) is -0.0159. The highest BCUT2D eigenvalue weighted by molar-refractivity contribution is 7.92. The van der Waals surface area contributed by atoms with Crippen LogP contribution < -0.4 is 10.0 Å². The number of nitro benzene ring substituents is 1. The van der Waals surface area contributed by atoms with Crippen LogP contribution in [0.15, 0.2) is 47.8 Å². The van der Waals surface area contributed by atoms with E-state index >= 15 is 0 Å². The highest BCUT2D eigenvalue weighted by Crippen LogP contribution is 2.32. The van der Waals surface area contributed by atoms with Crippen LogP contribution in [0.5, 0.6) is 0 Å². The lowest BCUT2D eigenvalue weighted by atomic mass is 10.1. The topological polar surface area (TPSA) is 114 Å². The maximum Gasteiger partial charge on any atom is 0.271 e. The van der Waals surface area contributed by atoms with Crippen molar-refractivity contribution in [3.63, 3.8) is 0 Å². The van der Waals surface area contributed by atoms with Crippen molar-refractivity contribution in [1.82, 2.24) is 4.98 Å². The van der Waals surface area contributed by atoms with E-state index in [0.717, 1.165) is 5.56 Å². The van der Waals surface area contributed by atoms with Crippen molar-refractivity contribution >= 4 is 55.2 Å². The van der Waals surface area contributed by atoms with Crippen LogP contribution in [-0.2, 0) is 10.0 Å². The van der Waals surface area contributed by atoms with Crippen molar-refractivity contribution in [2.24, 2.45) is 0 Å². The molecule has 3 rings (SSSR count). The van der Waals surface area contributed by atoms with Gasteiger partial charge in [0, 0.05) is 28.8 Å². The van der Waals surface area contributed by atoms with Gasteiger partial charge in [-0.05, 0) is 25.1 Å². The molecule has 11 heteroatoms. The molecule has 0 spiro atoms. The van der Waals surface area contributed by atoms with Crippen LogP contribution in [-0.4, -0.2) is 24.1 Å². The van der Waals surface area contributed by atoms with Gasteiger partial charge >= 0.3 is 0 Å². The smallest absolute Gasteiger partial charge is 0.271 e. The molecule has 0 fully saturated rings. The minimum atomic E-state index is -3.36.